The average Bonchev–Trinajstić information content (AvgIpc) is 2.82. The van der Waals surface area contributed by atoms with Crippen molar-refractivity contribution in [3.63, 3.8) is 0 Å². The number of hydrogen-bond acceptors (Lipinski definition) is 6. The van der Waals surface area contributed by atoms with Crippen LogP contribution in [0.3, 0.4) is 0 Å². The van der Waals surface area contributed by atoms with E-state index in [1.54, 1.807) is 6.20 Å². The van der Waals surface area contributed by atoms with Gasteiger partial charge in [-0.25, -0.2) is 4.98 Å². The third kappa shape index (κ3) is 2.19. The first kappa shape index (κ1) is 14.0. The molecule has 1 aliphatic heterocycles. The summed E-state index contributed by atoms with van der Waals surface area (Å²) >= 11 is 3.26. The first-order valence-corrected chi connectivity index (χ1v) is 8.27. The molecule has 22 heavy (non-hydrogen) atoms. The lowest BCUT2D eigenvalue weighted by molar-refractivity contribution is 0.186. The van der Waals surface area contributed by atoms with Gasteiger partial charge in [0.2, 0.25) is 5.95 Å². The van der Waals surface area contributed by atoms with Crippen LogP contribution in [0, 0.1) is 5.41 Å². The van der Waals surface area contributed by atoms with Crippen molar-refractivity contribution in [1.29, 1.82) is 0 Å². The molecule has 0 radical (unpaired) electrons. The van der Waals surface area contributed by atoms with Crippen molar-refractivity contribution in [2.75, 3.05) is 18.0 Å². The fourth-order valence-corrected chi connectivity index (χ4v) is 3.88. The minimum atomic E-state index is 0.0855. The molecule has 114 valence electrons. The molecule has 3 heterocycles. The molecule has 2 aliphatic rings. The van der Waals surface area contributed by atoms with Crippen molar-refractivity contribution in [2.24, 2.45) is 11.1 Å². The Morgan fingerprint density at radius 3 is 2.73 bits per heavy atom. The Hall–Kier alpha value is -1.60. The predicted molar refractivity (Wildman–Crippen MR) is 86.3 cm³/mol. The van der Waals surface area contributed by atoms with E-state index < -0.39 is 0 Å². The van der Waals surface area contributed by atoms with Crippen molar-refractivity contribution in [3.05, 3.63) is 40.4 Å². The summed E-state index contributed by atoms with van der Waals surface area (Å²) in [5.41, 5.74) is 9.08. The Morgan fingerprint density at radius 1 is 1.23 bits per heavy atom. The van der Waals surface area contributed by atoms with Gasteiger partial charge >= 0.3 is 0 Å². The monoisotopic (exact) mass is 360 g/mol. The van der Waals surface area contributed by atoms with E-state index in [1.807, 2.05) is 12.3 Å². The number of rotatable bonds is 1. The molecular formula is C15H17BrN6. The third-order valence-electron chi connectivity index (χ3n) is 5.00. The topological polar surface area (TPSA) is 80.8 Å². The molecule has 1 fully saturated rings. The lowest BCUT2D eigenvalue weighted by atomic mass is 9.73. The third-order valence-corrected chi connectivity index (χ3v) is 5.37. The van der Waals surface area contributed by atoms with E-state index in [9.17, 15) is 0 Å². The summed E-state index contributed by atoms with van der Waals surface area (Å²) in [5, 5.41) is 8.17. The molecule has 0 amide bonds. The molecule has 0 bridgehead atoms. The highest BCUT2D eigenvalue weighted by Gasteiger charge is 2.46. The number of halogens is 1. The van der Waals surface area contributed by atoms with Crippen LogP contribution in [0.1, 0.15) is 30.1 Å². The van der Waals surface area contributed by atoms with Crippen molar-refractivity contribution >= 4 is 21.9 Å². The fourth-order valence-electron chi connectivity index (χ4n) is 3.69. The zero-order chi connectivity index (χ0) is 15.2. The van der Waals surface area contributed by atoms with Crippen molar-refractivity contribution in [2.45, 2.75) is 25.3 Å². The first-order chi connectivity index (χ1) is 10.7. The van der Waals surface area contributed by atoms with E-state index in [1.165, 1.54) is 11.3 Å². The van der Waals surface area contributed by atoms with Crippen LogP contribution < -0.4 is 10.6 Å². The molecule has 1 spiro atoms. The fraction of sp³-hybridized carbons (Fsp3) is 0.467. The van der Waals surface area contributed by atoms with E-state index in [4.69, 9.17) is 5.73 Å². The van der Waals surface area contributed by atoms with Crippen LogP contribution in [0.2, 0.25) is 0 Å². The number of fused-ring (bicyclic) bond motifs is 1. The van der Waals surface area contributed by atoms with Gasteiger partial charge in [0.25, 0.3) is 0 Å². The second kappa shape index (κ2) is 5.24. The number of piperidine rings is 1. The maximum Gasteiger partial charge on any atom is 0.245 e. The molecular weight excluding hydrogens is 344 g/mol. The van der Waals surface area contributed by atoms with E-state index in [2.05, 4.69) is 47.1 Å². The molecule has 0 aromatic carbocycles. The Morgan fingerprint density at radius 2 is 2.05 bits per heavy atom. The number of anilines is 1. The molecule has 6 nitrogen and oxygen atoms in total. The summed E-state index contributed by atoms with van der Waals surface area (Å²) in [4.78, 5) is 11.0. The molecule has 7 heteroatoms. The maximum atomic E-state index is 6.55. The van der Waals surface area contributed by atoms with Crippen LogP contribution in [0.4, 0.5) is 5.95 Å². The second-order valence-corrected chi connectivity index (χ2v) is 6.94. The quantitative estimate of drug-likeness (QED) is 0.835. The molecule has 4 rings (SSSR count). The SMILES string of the molecule is NC1c2cccnc2CC12CCN(c1ncc(Br)nn1)CC2. The lowest BCUT2D eigenvalue weighted by Gasteiger charge is -2.41. The molecule has 1 unspecified atom stereocenters. The molecule has 2 N–H and O–H groups in total. The molecule has 1 atom stereocenters. The highest BCUT2D eigenvalue weighted by atomic mass is 79.9. The first-order valence-electron chi connectivity index (χ1n) is 7.47. The number of hydrogen-bond donors (Lipinski definition) is 1. The smallest absolute Gasteiger partial charge is 0.245 e. The zero-order valence-corrected chi connectivity index (χ0v) is 13.7. The predicted octanol–water partition coefficient (Wildman–Crippen LogP) is 1.87. The summed E-state index contributed by atoms with van der Waals surface area (Å²) in [6.07, 6.45) is 6.60. The minimum Gasteiger partial charge on any atom is -0.339 e. The largest absolute Gasteiger partial charge is 0.339 e. The van der Waals surface area contributed by atoms with E-state index >= 15 is 0 Å². The highest BCUT2D eigenvalue weighted by Crippen LogP contribution is 2.50. The van der Waals surface area contributed by atoms with Crippen LogP contribution in [0.5, 0.6) is 0 Å². The number of aromatic nitrogens is 4. The average molecular weight is 361 g/mol. The van der Waals surface area contributed by atoms with Crippen LogP contribution in [-0.4, -0.2) is 33.3 Å². The Bertz CT molecular complexity index is 681. The van der Waals surface area contributed by atoms with Gasteiger partial charge in [-0.15, -0.1) is 10.2 Å². The van der Waals surface area contributed by atoms with Crippen LogP contribution in [-0.2, 0) is 6.42 Å². The van der Waals surface area contributed by atoms with Crippen LogP contribution >= 0.6 is 15.9 Å². The van der Waals surface area contributed by atoms with Crippen LogP contribution in [0.15, 0.2) is 29.1 Å². The molecule has 1 aliphatic carbocycles. The van der Waals surface area contributed by atoms with Crippen molar-refractivity contribution < 1.29 is 0 Å². The van der Waals surface area contributed by atoms with E-state index in [-0.39, 0.29) is 11.5 Å². The summed E-state index contributed by atoms with van der Waals surface area (Å²) in [6.45, 7) is 1.82. The number of pyridine rings is 1. The van der Waals surface area contributed by atoms with Gasteiger partial charge in [-0.1, -0.05) is 6.07 Å². The summed E-state index contributed by atoms with van der Waals surface area (Å²) < 4.78 is 0.657. The summed E-state index contributed by atoms with van der Waals surface area (Å²) in [6, 6.07) is 4.19. The number of nitrogens with two attached hydrogens (primary N) is 1. The van der Waals surface area contributed by atoms with Crippen LogP contribution in [0.25, 0.3) is 0 Å². The summed E-state index contributed by atoms with van der Waals surface area (Å²) in [7, 11) is 0. The lowest BCUT2D eigenvalue weighted by Crippen LogP contribution is -2.45. The zero-order valence-electron chi connectivity index (χ0n) is 12.1. The molecule has 1 saturated heterocycles. The Kier molecular flexibility index (Phi) is 3.34. The Balaban J connectivity index is 1.52. The standard InChI is InChI=1S/C15H17BrN6/c16-12-9-19-14(21-20-12)22-6-3-15(4-7-22)8-11-10(13(15)17)2-1-5-18-11/h1-2,5,9,13H,3-4,6-8,17H2. The summed E-state index contributed by atoms with van der Waals surface area (Å²) in [5.74, 6) is 0.695. The molecule has 2 aromatic rings. The molecule has 2 aromatic heterocycles. The van der Waals surface area contributed by atoms with Gasteiger partial charge in [0.1, 0.15) is 4.60 Å². The minimum absolute atomic E-state index is 0.0855. The van der Waals surface area contributed by atoms with Gasteiger partial charge in [0.05, 0.1) is 6.20 Å². The van der Waals surface area contributed by atoms with Gasteiger partial charge < -0.3 is 10.6 Å². The van der Waals surface area contributed by atoms with Gasteiger partial charge in [0, 0.05) is 31.0 Å². The highest BCUT2D eigenvalue weighted by molar-refractivity contribution is 9.10. The van der Waals surface area contributed by atoms with Crippen molar-refractivity contribution in [3.8, 4) is 0 Å². The second-order valence-electron chi connectivity index (χ2n) is 6.12. The van der Waals surface area contributed by atoms with Gasteiger partial charge in [0.15, 0.2) is 0 Å². The Labute approximate surface area is 137 Å². The number of nitrogens with zero attached hydrogens (tertiary/aromatic N) is 5. The van der Waals surface area contributed by atoms with Crippen molar-refractivity contribution in [1.82, 2.24) is 20.2 Å². The maximum absolute atomic E-state index is 6.55. The molecule has 0 saturated carbocycles. The van der Waals surface area contributed by atoms with Gasteiger partial charge in [-0.05, 0) is 52.2 Å². The van der Waals surface area contributed by atoms with Gasteiger partial charge in [-0.2, -0.15) is 0 Å². The normalized spacial score (nSPS) is 22.8. The van der Waals surface area contributed by atoms with Gasteiger partial charge in [-0.3, -0.25) is 4.98 Å². The van der Waals surface area contributed by atoms with E-state index in [0.29, 0.717) is 10.6 Å². The van der Waals surface area contributed by atoms with E-state index in [0.717, 1.165) is 32.4 Å².